The molecule has 2 aromatic rings. The smallest absolute Gasteiger partial charge is 0.254 e. The second-order valence-corrected chi connectivity index (χ2v) is 7.06. The van der Waals surface area contributed by atoms with Gasteiger partial charge < -0.3 is 14.4 Å². The predicted molar refractivity (Wildman–Crippen MR) is 98.2 cm³/mol. The highest BCUT2D eigenvalue weighted by atomic mass is 16.5. The molecule has 1 atom stereocenters. The number of benzene rings is 1. The van der Waals surface area contributed by atoms with Crippen LogP contribution in [-0.4, -0.2) is 47.7 Å². The second kappa shape index (κ2) is 7.37. The lowest BCUT2D eigenvalue weighted by atomic mass is 9.79. The van der Waals surface area contributed by atoms with E-state index in [2.05, 4.69) is 11.1 Å². The highest BCUT2D eigenvalue weighted by Gasteiger charge is 2.54. The van der Waals surface area contributed by atoms with Crippen LogP contribution in [0.3, 0.4) is 0 Å². The number of hydrogen-bond acceptors (Lipinski definition) is 5. The zero-order chi connectivity index (χ0) is 18.7. The molecule has 2 saturated heterocycles. The van der Waals surface area contributed by atoms with Crippen LogP contribution in [0.2, 0.25) is 0 Å². The summed E-state index contributed by atoms with van der Waals surface area (Å²) in [5.74, 6) is 0.959. The van der Waals surface area contributed by atoms with Crippen molar-refractivity contribution in [2.75, 3.05) is 26.3 Å². The summed E-state index contributed by atoms with van der Waals surface area (Å²) >= 11 is 0. The number of nitrogens with zero attached hydrogens (tertiary/aromatic N) is 3. The third-order valence-corrected chi connectivity index (χ3v) is 5.40. The summed E-state index contributed by atoms with van der Waals surface area (Å²) in [6.07, 6.45) is 3.58. The van der Waals surface area contributed by atoms with Gasteiger partial charge in [0.05, 0.1) is 31.3 Å². The summed E-state index contributed by atoms with van der Waals surface area (Å²) in [6.45, 7) is 2.50. The number of carbonyl (C=O) groups is 1. The Morgan fingerprint density at radius 3 is 3.00 bits per heavy atom. The van der Waals surface area contributed by atoms with Gasteiger partial charge in [0, 0.05) is 24.4 Å². The van der Waals surface area contributed by atoms with Crippen molar-refractivity contribution in [3.05, 3.63) is 59.8 Å². The average molecular weight is 363 g/mol. The monoisotopic (exact) mass is 363 g/mol. The van der Waals surface area contributed by atoms with E-state index >= 15 is 0 Å². The number of hydrogen-bond donors (Lipinski definition) is 0. The number of carbonyl (C=O) groups excluding carboxylic acids is 1. The average Bonchev–Trinajstić information content (AvgIpc) is 3.11. The molecule has 2 fully saturated rings. The molecule has 0 aliphatic carbocycles. The van der Waals surface area contributed by atoms with Crippen LogP contribution >= 0.6 is 0 Å². The van der Waals surface area contributed by atoms with Crippen LogP contribution < -0.4 is 4.74 Å². The molecule has 2 aliphatic heterocycles. The molecule has 0 saturated carbocycles. The van der Waals surface area contributed by atoms with E-state index in [1.165, 1.54) is 0 Å². The van der Waals surface area contributed by atoms with Crippen LogP contribution in [0.15, 0.2) is 48.7 Å². The molecule has 0 N–H and O–H groups in total. The van der Waals surface area contributed by atoms with Crippen molar-refractivity contribution in [3.63, 3.8) is 0 Å². The molecule has 1 spiro atoms. The minimum Gasteiger partial charge on any atom is -0.478 e. The van der Waals surface area contributed by atoms with Gasteiger partial charge in [0.2, 0.25) is 5.88 Å². The highest BCUT2D eigenvalue weighted by Crippen LogP contribution is 2.42. The summed E-state index contributed by atoms with van der Waals surface area (Å²) in [5.41, 5.74) is 0.797. The molecule has 6 heteroatoms. The van der Waals surface area contributed by atoms with Crippen molar-refractivity contribution in [1.82, 2.24) is 9.88 Å². The molecular weight excluding hydrogens is 342 g/mol. The molecule has 27 heavy (non-hydrogen) atoms. The quantitative estimate of drug-likeness (QED) is 0.816. The van der Waals surface area contributed by atoms with Crippen LogP contribution in [0.5, 0.6) is 5.88 Å². The van der Waals surface area contributed by atoms with E-state index in [0.717, 1.165) is 19.4 Å². The molecule has 0 bridgehead atoms. The summed E-state index contributed by atoms with van der Waals surface area (Å²) in [7, 11) is 0. The number of nitriles is 1. The Morgan fingerprint density at radius 1 is 1.33 bits per heavy atom. The number of pyridine rings is 1. The van der Waals surface area contributed by atoms with Crippen molar-refractivity contribution < 1.29 is 14.3 Å². The van der Waals surface area contributed by atoms with E-state index in [0.29, 0.717) is 42.6 Å². The van der Waals surface area contributed by atoms with Gasteiger partial charge in [-0.15, -0.1) is 0 Å². The third kappa shape index (κ3) is 3.51. The highest BCUT2D eigenvalue weighted by molar-refractivity contribution is 5.95. The van der Waals surface area contributed by atoms with Gasteiger partial charge >= 0.3 is 0 Å². The van der Waals surface area contributed by atoms with Gasteiger partial charge in [-0.25, -0.2) is 4.98 Å². The zero-order valence-electron chi connectivity index (χ0n) is 15.0. The van der Waals surface area contributed by atoms with Crippen LogP contribution in [-0.2, 0) is 4.74 Å². The molecule has 3 heterocycles. The largest absolute Gasteiger partial charge is 0.478 e. The van der Waals surface area contributed by atoms with Gasteiger partial charge in [-0.05, 0) is 43.0 Å². The standard InChI is InChI=1S/C21H21N3O3/c22-13-16-4-3-5-17(12-16)20(25)24-14-21(15-24)18(8-11-27-21)7-10-26-19-6-1-2-9-23-19/h1-6,9,12,18H,7-8,10-11,14-15H2/t18-/m0/s1. The van der Waals surface area contributed by atoms with Gasteiger partial charge in [0.15, 0.2) is 0 Å². The Bertz CT molecular complexity index is 856. The lowest BCUT2D eigenvalue weighted by Crippen LogP contribution is -2.66. The van der Waals surface area contributed by atoms with Gasteiger partial charge in [-0.3, -0.25) is 4.79 Å². The van der Waals surface area contributed by atoms with E-state index in [4.69, 9.17) is 14.7 Å². The number of likely N-dealkylation sites (tertiary alicyclic amines) is 1. The number of rotatable bonds is 5. The maximum Gasteiger partial charge on any atom is 0.254 e. The molecule has 1 aromatic heterocycles. The topological polar surface area (TPSA) is 75.5 Å². The number of amides is 1. The molecule has 1 amide bonds. The first-order valence-corrected chi connectivity index (χ1v) is 9.17. The minimum atomic E-state index is -0.254. The van der Waals surface area contributed by atoms with Crippen molar-refractivity contribution >= 4 is 5.91 Å². The molecular formula is C21H21N3O3. The Morgan fingerprint density at radius 2 is 2.22 bits per heavy atom. The van der Waals surface area contributed by atoms with Gasteiger partial charge in [0.1, 0.15) is 5.60 Å². The van der Waals surface area contributed by atoms with Crippen molar-refractivity contribution in [2.45, 2.75) is 18.4 Å². The van der Waals surface area contributed by atoms with Crippen LogP contribution in [0.1, 0.15) is 28.8 Å². The second-order valence-electron chi connectivity index (χ2n) is 7.06. The van der Waals surface area contributed by atoms with E-state index in [9.17, 15) is 4.79 Å². The fourth-order valence-corrected chi connectivity index (χ4v) is 3.93. The summed E-state index contributed by atoms with van der Waals surface area (Å²) in [6, 6.07) is 14.5. The van der Waals surface area contributed by atoms with Crippen molar-refractivity contribution in [2.24, 2.45) is 5.92 Å². The van der Waals surface area contributed by atoms with Crippen molar-refractivity contribution in [3.8, 4) is 11.9 Å². The first kappa shape index (κ1) is 17.5. The zero-order valence-corrected chi connectivity index (χ0v) is 15.0. The molecule has 6 nitrogen and oxygen atoms in total. The van der Waals surface area contributed by atoms with E-state index < -0.39 is 0 Å². The Hall–Kier alpha value is -2.91. The lowest BCUT2D eigenvalue weighted by Gasteiger charge is -2.50. The fraction of sp³-hybridized carbons (Fsp3) is 0.381. The third-order valence-electron chi connectivity index (χ3n) is 5.40. The number of aromatic nitrogens is 1. The van der Waals surface area contributed by atoms with Gasteiger partial charge in [0.25, 0.3) is 5.91 Å². The summed E-state index contributed by atoms with van der Waals surface area (Å²) in [5, 5.41) is 9.01. The Labute approximate surface area is 158 Å². The first-order valence-electron chi connectivity index (χ1n) is 9.17. The normalized spacial score (nSPS) is 20.1. The molecule has 1 aromatic carbocycles. The molecule has 2 aliphatic rings. The van der Waals surface area contributed by atoms with E-state index in [1.54, 1.807) is 35.4 Å². The molecule has 0 unspecified atom stereocenters. The summed E-state index contributed by atoms with van der Waals surface area (Å²) in [4.78, 5) is 18.6. The molecule has 0 radical (unpaired) electrons. The van der Waals surface area contributed by atoms with E-state index in [1.807, 2.05) is 18.2 Å². The molecule has 138 valence electrons. The van der Waals surface area contributed by atoms with Crippen LogP contribution in [0.25, 0.3) is 0 Å². The van der Waals surface area contributed by atoms with Crippen LogP contribution in [0, 0.1) is 17.2 Å². The SMILES string of the molecule is N#Cc1cccc(C(=O)N2CC3(C2)OCC[C@@H]3CCOc2ccccn2)c1. The van der Waals surface area contributed by atoms with Crippen molar-refractivity contribution in [1.29, 1.82) is 5.26 Å². The maximum atomic E-state index is 12.7. The van der Waals surface area contributed by atoms with E-state index in [-0.39, 0.29) is 11.5 Å². The minimum absolute atomic E-state index is 0.0447. The number of ether oxygens (including phenoxy) is 2. The first-order chi connectivity index (χ1) is 13.2. The summed E-state index contributed by atoms with van der Waals surface area (Å²) < 4.78 is 11.8. The van der Waals surface area contributed by atoms with Crippen LogP contribution in [0.4, 0.5) is 0 Å². The lowest BCUT2D eigenvalue weighted by molar-refractivity contribution is -0.119. The fourth-order valence-electron chi connectivity index (χ4n) is 3.93. The maximum absolute atomic E-state index is 12.7. The Kier molecular flexibility index (Phi) is 4.78. The van der Waals surface area contributed by atoms with Gasteiger partial charge in [-0.1, -0.05) is 12.1 Å². The molecule has 4 rings (SSSR count). The Balaban J connectivity index is 1.33. The van der Waals surface area contributed by atoms with Gasteiger partial charge in [-0.2, -0.15) is 5.26 Å². The predicted octanol–water partition coefficient (Wildman–Crippen LogP) is 2.65.